The van der Waals surface area contributed by atoms with E-state index in [9.17, 15) is 4.79 Å². The van der Waals surface area contributed by atoms with Gasteiger partial charge in [-0.15, -0.1) is 0 Å². The van der Waals surface area contributed by atoms with Crippen LogP contribution in [0.1, 0.15) is 46.5 Å². The molecule has 0 aromatic heterocycles. The SMILES string of the molecule is CC1CCCC(CNCC(=O)NC(C)C)C1. The predicted octanol–water partition coefficient (Wildman–Crippen LogP) is 1.93. The van der Waals surface area contributed by atoms with Crippen molar-refractivity contribution < 1.29 is 4.79 Å². The molecule has 1 saturated carbocycles. The fourth-order valence-electron chi connectivity index (χ4n) is 2.51. The largest absolute Gasteiger partial charge is 0.353 e. The Morgan fingerprint density at radius 3 is 2.75 bits per heavy atom. The van der Waals surface area contributed by atoms with Crippen LogP contribution in [0.3, 0.4) is 0 Å². The molecule has 1 aliphatic rings. The summed E-state index contributed by atoms with van der Waals surface area (Å²) in [6.45, 7) is 7.76. The lowest BCUT2D eigenvalue weighted by molar-refractivity contribution is -0.120. The van der Waals surface area contributed by atoms with Crippen molar-refractivity contribution in [1.82, 2.24) is 10.6 Å². The summed E-state index contributed by atoms with van der Waals surface area (Å²) < 4.78 is 0. The van der Waals surface area contributed by atoms with Crippen LogP contribution in [0.15, 0.2) is 0 Å². The molecule has 0 radical (unpaired) electrons. The molecular formula is C13H26N2O. The lowest BCUT2D eigenvalue weighted by Gasteiger charge is -2.26. The van der Waals surface area contributed by atoms with Gasteiger partial charge in [0.2, 0.25) is 5.91 Å². The maximum absolute atomic E-state index is 11.4. The Balaban J connectivity index is 2.08. The molecule has 2 atom stereocenters. The van der Waals surface area contributed by atoms with Crippen LogP contribution in [0.2, 0.25) is 0 Å². The minimum Gasteiger partial charge on any atom is -0.353 e. The van der Waals surface area contributed by atoms with Gasteiger partial charge < -0.3 is 10.6 Å². The van der Waals surface area contributed by atoms with E-state index in [1.807, 2.05) is 13.8 Å². The average molecular weight is 226 g/mol. The van der Waals surface area contributed by atoms with E-state index >= 15 is 0 Å². The summed E-state index contributed by atoms with van der Waals surface area (Å²) in [6.07, 6.45) is 5.37. The summed E-state index contributed by atoms with van der Waals surface area (Å²) in [5.41, 5.74) is 0. The average Bonchev–Trinajstić information content (AvgIpc) is 2.16. The molecule has 1 aliphatic carbocycles. The fourth-order valence-corrected chi connectivity index (χ4v) is 2.51. The Bertz CT molecular complexity index is 216. The van der Waals surface area contributed by atoms with Crippen molar-refractivity contribution in [2.75, 3.05) is 13.1 Å². The van der Waals surface area contributed by atoms with Gasteiger partial charge in [-0.05, 0) is 45.1 Å². The van der Waals surface area contributed by atoms with Gasteiger partial charge in [0.05, 0.1) is 6.54 Å². The third-order valence-corrected chi connectivity index (χ3v) is 3.21. The maximum atomic E-state index is 11.4. The first kappa shape index (κ1) is 13.5. The second-order valence-electron chi connectivity index (χ2n) is 5.49. The number of rotatable bonds is 5. The van der Waals surface area contributed by atoms with Crippen LogP contribution >= 0.6 is 0 Å². The highest BCUT2D eigenvalue weighted by Gasteiger charge is 2.18. The molecule has 0 spiro atoms. The second-order valence-corrected chi connectivity index (χ2v) is 5.49. The molecule has 0 bridgehead atoms. The zero-order valence-corrected chi connectivity index (χ0v) is 10.9. The van der Waals surface area contributed by atoms with E-state index in [0.29, 0.717) is 6.54 Å². The Kier molecular flexibility index (Phi) is 5.81. The summed E-state index contributed by atoms with van der Waals surface area (Å²) in [4.78, 5) is 11.4. The summed E-state index contributed by atoms with van der Waals surface area (Å²) in [5, 5.41) is 6.16. The molecule has 0 aromatic carbocycles. The summed E-state index contributed by atoms with van der Waals surface area (Å²) in [5.74, 6) is 1.75. The summed E-state index contributed by atoms with van der Waals surface area (Å²) in [7, 11) is 0. The molecule has 0 heterocycles. The van der Waals surface area contributed by atoms with Crippen LogP contribution in [0.25, 0.3) is 0 Å². The number of nitrogens with one attached hydrogen (secondary N) is 2. The van der Waals surface area contributed by atoms with Crippen LogP contribution in [-0.2, 0) is 4.79 Å². The molecule has 94 valence electrons. The highest BCUT2D eigenvalue weighted by Crippen LogP contribution is 2.27. The molecule has 1 fully saturated rings. The lowest BCUT2D eigenvalue weighted by Crippen LogP contribution is -2.39. The Morgan fingerprint density at radius 1 is 1.38 bits per heavy atom. The number of hydrogen-bond acceptors (Lipinski definition) is 2. The topological polar surface area (TPSA) is 41.1 Å². The van der Waals surface area contributed by atoms with Crippen LogP contribution in [0.4, 0.5) is 0 Å². The monoisotopic (exact) mass is 226 g/mol. The minimum atomic E-state index is 0.110. The molecule has 2 N–H and O–H groups in total. The van der Waals surface area contributed by atoms with E-state index in [2.05, 4.69) is 17.6 Å². The number of hydrogen-bond donors (Lipinski definition) is 2. The normalized spacial score (nSPS) is 25.8. The van der Waals surface area contributed by atoms with Gasteiger partial charge in [0.15, 0.2) is 0 Å². The second kappa shape index (κ2) is 6.89. The molecule has 2 unspecified atom stereocenters. The van der Waals surface area contributed by atoms with Gasteiger partial charge in [0.1, 0.15) is 0 Å². The number of amides is 1. The van der Waals surface area contributed by atoms with Crippen LogP contribution in [0.5, 0.6) is 0 Å². The van der Waals surface area contributed by atoms with Crippen molar-refractivity contribution in [3.63, 3.8) is 0 Å². The zero-order chi connectivity index (χ0) is 12.0. The van der Waals surface area contributed by atoms with Crippen molar-refractivity contribution in [3.05, 3.63) is 0 Å². The van der Waals surface area contributed by atoms with Gasteiger partial charge in [-0.2, -0.15) is 0 Å². The fraction of sp³-hybridized carbons (Fsp3) is 0.923. The van der Waals surface area contributed by atoms with Gasteiger partial charge in [-0.3, -0.25) is 4.79 Å². The standard InChI is InChI=1S/C13H26N2O/c1-10(2)15-13(16)9-14-8-12-6-4-5-11(3)7-12/h10-12,14H,4-9H2,1-3H3,(H,15,16). The smallest absolute Gasteiger partial charge is 0.234 e. The Labute approximate surface area is 99.4 Å². The summed E-state index contributed by atoms with van der Waals surface area (Å²) in [6, 6.07) is 0.240. The quantitative estimate of drug-likeness (QED) is 0.752. The highest BCUT2D eigenvalue weighted by atomic mass is 16.1. The third-order valence-electron chi connectivity index (χ3n) is 3.21. The van der Waals surface area contributed by atoms with Gasteiger partial charge in [-0.1, -0.05) is 19.8 Å². The van der Waals surface area contributed by atoms with E-state index in [0.717, 1.165) is 18.4 Å². The molecule has 0 saturated heterocycles. The molecule has 0 aromatic rings. The molecule has 0 aliphatic heterocycles. The maximum Gasteiger partial charge on any atom is 0.234 e. The predicted molar refractivity (Wildman–Crippen MR) is 67.3 cm³/mol. The number of carbonyl (C=O) groups is 1. The van der Waals surface area contributed by atoms with Crippen molar-refractivity contribution in [2.24, 2.45) is 11.8 Å². The number of carbonyl (C=O) groups excluding carboxylic acids is 1. The Morgan fingerprint density at radius 2 is 2.12 bits per heavy atom. The third kappa shape index (κ3) is 5.50. The first-order chi connectivity index (χ1) is 7.58. The van der Waals surface area contributed by atoms with Crippen LogP contribution in [0, 0.1) is 11.8 Å². The van der Waals surface area contributed by atoms with Crippen molar-refractivity contribution in [2.45, 2.75) is 52.5 Å². The van der Waals surface area contributed by atoms with Crippen molar-refractivity contribution in [3.8, 4) is 0 Å². The van der Waals surface area contributed by atoms with Gasteiger partial charge in [0.25, 0.3) is 0 Å². The van der Waals surface area contributed by atoms with Gasteiger partial charge in [0, 0.05) is 6.04 Å². The van der Waals surface area contributed by atoms with Crippen molar-refractivity contribution in [1.29, 1.82) is 0 Å². The molecule has 3 nitrogen and oxygen atoms in total. The van der Waals surface area contributed by atoms with Crippen LogP contribution in [-0.4, -0.2) is 25.0 Å². The minimum absolute atomic E-state index is 0.110. The Hall–Kier alpha value is -0.570. The zero-order valence-electron chi connectivity index (χ0n) is 10.9. The van der Waals surface area contributed by atoms with Crippen molar-refractivity contribution >= 4 is 5.91 Å². The van der Waals surface area contributed by atoms with Gasteiger partial charge >= 0.3 is 0 Å². The highest BCUT2D eigenvalue weighted by molar-refractivity contribution is 5.78. The van der Waals surface area contributed by atoms with E-state index in [1.165, 1.54) is 25.7 Å². The van der Waals surface area contributed by atoms with E-state index < -0.39 is 0 Å². The first-order valence-electron chi connectivity index (χ1n) is 6.58. The summed E-state index contributed by atoms with van der Waals surface area (Å²) >= 11 is 0. The van der Waals surface area contributed by atoms with E-state index in [-0.39, 0.29) is 11.9 Å². The van der Waals surface area contributed by atoms with E-state index in [1.54, 1.807) is 0 Å². The molecule has 1 rings (SSSR count). The molecular weight excluding hydrogens is 200 g/mol. The van der Waals surface area contributed by atoms with E-state index in [4.69, 9.17) is 0 Å². The molecule has 3 heteroatoms. The molecule has 1 amide bonds. The lowest BCUT2D eigenvalue weighted by atomic mass is 9.82. The van der Waals surface area contributed by atoms with Crippen LogP contribution < -0.4 is 10.6 Å². The molecule has 16 heavy (non-hydrogen) atoms. The van der Waals surface area contributed by atoms with Gasteiger partial charge in [-0.25, -0.2) is 0 Å². The first-order valence-corrected chi connectivity index (χ1v) is 6.58.